The van der Waals surface area contributed by atoms with Crippen molar-refractivity contribution >= 4 is 21.5 Å². The van der Waals surface area contributed by atoms with Crippen LogP contribution in [0, 0.1) is 11.3 Å². The van der Waals surface area contributed by atoms with Crippen LogP contribution in [0.1, 0.15) is 21.5 Å². The molecule has 0 aliphatic carbocycles. The molecule has 0 fully saturated rings. The summed E-state index contributed by atoms with van der Waals surface area (Å²) in [6, 6.07) is 23.5. The van der Waals surface area contributed by atoms with Crippen LogP contribution < -0.4 is 4.72 Å². The van der Waals surface area contributed by atoms with Crippen molar-refractivity contribution in [2.45, 2.75) is 11.3 Å². The van der Waals surface area contributed by atoms with Gasteiger partial charge in [0.15, 0.2) is 5.78 Å². The molecule has 3 aromatic carbocycles. The van der Waals surface area contributed by atoms with Gasteiger partial charge in [0.2, 0.25) is 0 Å². The number of ketones is 1. The molecule has 1 N–H and O–H groups in total. The predicted octanol–water partition coefficient (Wildman–Crippen LogP) is 3.78. The van der Waals surface area contributed by atoms with E-state index in [-0.39, 0.29) is 33.9 Å². The first-order chi connectivity index (χ1) is 13.0. The lowest BCUT2D eigenvalue weighted by Crippen LogP contribution is -2.17. The smallest absolute Gasteiger partial charge is 0.263 e. The van der Waals surface area contributed by atoms with Gasteiger partial charge in [-0.25, -0.2) is 8.42 Å². The minimum absolute atomic E-state index is 0.0399. The van der Waals surface area contributed by atoms with Gasteiger partial charge in [-0.2, -0.15) is 5.26 Å². The van der Waals surface area contributed by atoms with E-state index >= 15 is 0 Å². The fraction of sp³-hybridized carbons (Fsp3) is 0.0476. The van der Waals surface area contributed by atoms with Crippen LogP contribution >= 0.6 is 0 Å². The van der Waals surface area contributed by atoms with Crippen LogP contribution in [0.25, 0.3) is 0 Å². The lowest BCUT2D eigenvalue weighted by atomic mass is 10.0. The minimum atomic E-state index is -4.01. The van der Waals surface area contributed by atoms with Gasteiger partial charge in [0.05, 0.1) is 11.3 Å². The molecule has 0 aliphatic rings. The molecule has 3 aromatic rings. The SMILES string of the molecule is N#Cc1ccccc1S(=O)(=O)Nc1ccccc1C(=O)Cc1ccccc1. The van der Waals surface area contributed by atoms with E-state index in [0.29, 0.717) is 0 Å². The number of sulfonamides is 1. The number of carbonyl (C=O) groups is 1. The molecule has 0 aliphatic heterocycles. The predicted molar refractivity (Wildman–Crippen MR) is 103 cm³/mol. The fourth-order valence-corrected chi connectivity index (χ4v) is 3.92. The monoisotopic (exact) mass is 376 g/mol. The quantitative estimate of drug-likeness (QED) is 0.663. The molecular formula is C21H16N2O3S. The maximum atomic E-state index is 12.7. The van der Waals surface area contributed by atoms with E-state index in [2.05, 4.69) is 4.72 Å². The fourth-order valence-electron chi connectivity index (χ4n) is 2.68. The van der Waals surface area contributed by atoms with Crippen molar-refractivity contribution in [2.75, 3.05) is 4.72 Å². The summed E-state index contributed by atoms with van der Waals surface area (Å²) in [4.78, 5) is 12.6. The van der Waals surface area contributed by atoms with E-state index in [4.69, 9.17) is 5.26 Å². The summed E-state index contributed by atoms with van der Waals surface area (Å²) in [5.74, 6) is -0.201. The second-order valence-corrected chi connectivity index (χ2v) is 7.50. The number of carbonyl (C=O) groups excluding carboxylic acids is 1. The van der Waals surface area contributed by atoms with Gasteiger partial charge in [-0.05, 0) is 29.8 Å². The Kier molecular flexibility index (Phi) is 5.34. The van der Waals surface area contributed by atoms with E-state index in [1.807, 2.05) is 36.4 Å². The first-order valence-electron chi connectivity index (χ1n) is 8.19. The van der Waals surface area contributed by atoms with E-state index in [1.54, 1.807) is 30.3 Å². The van der Waals surface area contributed by atoms with Crippen molar-refractivity contribution in [3.8, 4) is 6.07 Å². The number of benzene rings is 3. The molecule has 0 saturated heterocycles. The standard InChI is InChI=1S/C21H16N2O3S/c22-15-17-10-4-7-13-21(17)27(25,26)23-19-12-6-5-11-18(19)20(24)14-16-8-2-1-3-9-16/h1-13,23H,14H2. The molecule has 0 atom stereocenters. The van der Waals surface area contributed by atoms with Gasteiger partial charge in [-0.1, -0.05) is 54.6 Å². The maximum absolute atomic E-state index is 12.7. The van der Waals surface area contributed by atoms with Crippen LogP contribution in [-0.4, -0.2) is 14.2 Å². The molecule has 134 valence electrons. The number of nitrogens with one attached hydrogen (secondary N) is 1. The first kappa shape index (κ1) is 18.4. The Bertz CT molecular complexity index is 1120. The molecule has 0 saturated carbocycles. The third-order valence-electron chi connectivity index (χ3n) is 3.98. The molecule has 5 nitrogen and oxygen atoms in total. The number of hydrogen-bond donors (Lipinski definition) is 1. The Hall–Kier alpha value is -3.43. The Morgan fingerprint density at radius 1 is 0.889 bits per heavy atom. The van der Waals surface area contributed by atoms with Crippen LogP contribution in [0.5, 0.6) is 0 Å². The molecule has 0 bridgehead atoms. The number of Topliss-reactive ketones (excluding diaryl/α,β-unsaturated/α-hetero) is 1. The van der Waals surface area contributed by atoms with Gasteiger partial charge in [0.25, 0.3) is 10.0 Å². The number of rotatable bonds is 6. The van der Waals surface area contributed by atoms with E-state index in [0.717, 1.165) is 5.56 Å². The van der Waals surface area contributed by atoms with Crippen LogP contribution in [0.15, 0.2) is 83.8 Å². The third-order valence-corrected chi connectivity index (χ3v) is 5.40. The normalized spacial score (nSPS) is 10.8. The van der Waals surface area contributed by atoms with Crippen molar-refractivity contribution in [3.05, 3.63) is 95.6 Å². The van der Waals surface area contributed by atoms with Crippen LogP contribution in [0.3, 0.4) is 0 Å². The Balaban J connectivity index is 1.92. The summed E-state index contributed by atoms with van der Waals surface area (Å²) in [5, 5.41) is 9.16. The highest BCUT2D eigenvalue weighted by atomic mass is 32.2. The average Bonchev–Trinajstić information content (AvgIpc) is 2.69. The summed E-state index contributed by atoms with van der Waals surface area (Å²) >= 11 is 0. The number of nitriles is 1. The zero-order chi connectivity index (χ0) is 19.3. The summed E-state index contributed by atoms with van der Waals surface area (Å²) in [6.07, 6.45) is 0.161. The number of nitrogens with zero attached hydrogens (tertiary/aromatic N) is 1. The van der Waals surface area contributed by atoms with Gasteiger partial charge >= 0.3 is 0 Å². The van der Waals surface area contributed by atoms with Gasteiger partial charge in [0, 0.05) is 12.0 Å². The van der Waals surface area contributed by atoms with E-state index in [1.165, 1.54) is 18.2 Å². The molecule has 0 amide bonds. The van der Waals surface area contributed by atoms with E-state index in [9.17, 15) is 13.2 Å². The summed E-state index contributed by atoms with van der Waals surface area (Å²) in [5.41, 5.74) is 1.35. The molecule has 0 radical (unpaired) electrons. The van der Waals surface area contributed by atoms with Gasteiger partial charge in [-0.3, -0.25) is 9.52 Å². The van der Waals surface area contributed by atoms with Crippen molar-refractivity contribution in [1.82, 2.24) is 0 Å². The van der Waals surface area contributed by atoms with Crippen molar-refractivity contribution in [1.29, 1.82) is 5.26 Å². The largest absolute Gasteiger partial charge is 0.294 e. The minimum Gasteiger partial charge on any atom is -0.294 e. The Morgan fingerprint density at radius 2 is 1.52 bits per heavy atom. The lowest BCUT2D eigenvalue weighted by molar-refractivity contribution is 0.0994. The van der Waals surface area contributed by atoms with Gasteiger partial charge in [0.1, 0.15) is 11.0 Å². The highest BCUT2D eigenvalue weighted by Crippen LogP contribution is 2.23. The highest BCUT2D eigenvalue weighted by molar-refractivity contribution is 7.92. The molecule has 0 unspecified atom stereocenters. The Morgan fingerprint density at radius 3 is 2.26 bits per heavy atom. The topological polar surface area (TPSA) is 87.0 Å². The van der Waals surface area contributed by atoms with Gasteiger partial charge in [-0.15, -0.1) is 0 Å². The van der Waals surface area contributed by atoms with Crippen molar-refractivity contribution in [2.24, 2.45) is 0 Å². The second-order valence-electron chi connectivity index (χ2n) is 5.84. The van der Waals surface area contributed by atoms with Crippen LogP contribution in [0.4, 0.5) is 5.69 Å². The summed E-state index contributed by atoms with van der Waals surface area (Å²) < 4.78 is 27.9. The van der Waals surface area contributed by atoms with E-state index < -0.39 is 10.0 Å². The molecule has 0 aromatic heterocycles. The summed E-state index contributed by atoms with van der Waals surface area (Å²) in [7, 11) is -4.01. The molecule has 27 heavy (non-hydrogen) atoms. The molecular weight excluding hydrogens is 360 g/mol. The van der Waals surface area contributed by atoms with Crippen LogP contribution in [0.2, 0.25) is 0 Å². The average molecular weight is 376 g/mol. The Labute approximate surface area is 158 Å². The third kappa shape index (κ3) is 4.22. The lowest BCUT2D eigenvalue weighted by Gasteiger charge is -2.13. The molecule has 0 heterocycles. The summed E-state index contributed by atoms with van der Waals surface area (Å²) in [6.45, 7) is 0. The molecule has 0 spiro atoms. The van der Waals surface area contributed by atoms with Crippen LogP contribution in [-0.2, 0) is 16.4 Å². The number of para-hydroxylation sites is 1. The maximum Gasteiger partial charge on any atom is 0.263 e. The zero-order valence-corrected chi connectivity index (χ0v) is 15.1. The highest BCUT2D eigenvalue weighted by Gasteiger charge is 2.21. The van der Waals surface area contributed by atoms with Crippen molar-refractivity contribution in [3.63, 3.8) is 0 Å². The number of anilines is 1. The van der Waals surface area contributed by atoms with Crippen molar-refractivity contribution < 1.29 is 13.2 Å². The number of hydrogen-bond acceptors (Lipinski definition) is 4. The second kappa shape index (κ2) is 7.85. The molecule has 6 heteroatoms. The zero-order valence-electron chi connectivity index (χ0n) is 14.3. The first-order valence-corrected chi connectivity index (χ1v) is 9.67. The van der Waals surface area contributed by atoms with Gasteiger partial charge < -0.3 is 0 Å². The molecule has 3 rings (SSSR count).